The maximum absolute atomic E-state index is 11.3. The second-order valence-corrected chi connectivity index (χ2v) is 7.37. The highest BCUT2D eigenvalue weighted by molar-refractivity contribution is 5.88. The number of carboxylic acids is 3. The second kappa shape index (κ2) is 13.7. The second-order valence-electron chi connectivity index (χ2n) is 7.37. The number of rotatable bonds is 10. The minimum atomic E-state index is -2.74. The molecule has 34 heavy (non-hydrogen) atoms. The molecule has 0 aliphatic carbocycles. The Kier molecular flexibility index (Phi) is 11.3. The summed E-state index contributed by atoms with van der Waals surface area (Å²) in [5.74, 6) is -1.74. The Bertz CT molecular complexity index is 903. The van der Waals surface area contributed by atoms with E-state index in [1.165, 1.54) is 19.9 Å². The first-order valence-corrected chi connectivity index (χ1v) is 10.2. The lowest BCUT2D eigenvalue weighted by Gasteiger charge is -2.18. The maximum atomic E-state index is 11.3. The first-order chi connectivity index (χ1) is 16.0. The third kappa shape index (κ3) is 9.76. The molecule has 0 unspecified atom stereocenters. The van der Waals surface area contributed by atoms with E-state index in [4.69, 9.17) is 36.3 Å². The Labute approximate surface area is 196 Å². The van der Waals surface area contributed by atoms with Gasteiger partial charge in [-0.1, -0.05) is 12.0 Å². The first-order valence-electron chi connectivity index (χ1n) is 10.2. The molecule has 1 amide bonds. The van der Waals surface area contributed by atoms with E-state index in [9.17, 15) is 19.2 Å². The molecule has 12 heteroatoms. The van der Waals surface area contributed by atoms with Gasteiger partial charge in [0.15, 0.2) is 17.1 Å². The highest BCUT2D eigenvalue weighted by atomic mass is 16.6. The van der Waals surface area contributed by atoms with Gasteiger partial charge in [0.05, 0.1) is 12.8 Å². The highest BCUT2D eigenvalue weighted by Gasteiger charge is 2.40. The number of nitrogens with zero attached hydrogens (tertiary/aromatic N) is 1. The zero-order valence-corrected chi connectivity index (χ0v) is 18.7. The third-order valence-corrected chi connectivity index (χ3v) is 4.62. The Morgan fingerprint density at radius 3 is 2.15 bits per heavy atom. The first kappa shape index (κ1) is 28.2. The molecule has 1 aliphatic rings. The van der Waals surface area contributed by atoms with E-state index in [1.54, 1.807) is 6.07 Å². The predicted molar refractivity (Wildman–Crippen MR) is 117 cm³/mol. The molecule has 1 aromatic rings. The van der Waals surface area contributed by atoms with Crippen LogP contribution in [-0.4, -0.2) is 81.7 Å². The fourth-order valence-corrected chi connectivity index (χ4v) is 3.03. The van der Waals surface area contributed by atoms with Crippen LogP contribution in [0, 0.1) is 12.3 Å². The average molecular weight is 480 g/mol. The zero-order chi connectivity index (χ0) is 25.7. The van der Waals surface area contributed by atoms with E-state index in [-0.39, 0.29) is 6.61 Å². The molecular weight excluding hydrogens is 452 g/mol. The molecule has 5 N–H and O–H groups in total. The number of carbonyl (C=O) groups is 4. The largest absolute Gasteiger partial charge is 0.481 e. The molecule has 0 bridgehead atoms. The summed E-state index contributed by atoms with van der Waals surface area (Å²) >= 11 is 0. The van der Waals surface area contributed by atoms with Crippen LogP contribution in [0.2, 0.25) is 0 Å². The number of carboxylic acid groups (broad SMARTS) is 3. The minimum Gasteiger partial charge on any atom is -0.481 e. The topological polar surface area (TPSA) is 183 Å². The van der Waals surface area contributed by atoms with Crippen molar-refractivity contribution in [2.45, 2.75) is 37.8 Å². The van der Waals surface area contributed by atoms with Crippen LogP contribution in [0.25, 0.3) is 0 Å². The summed E-state index contributed by atoms with van der Waals surface area (Å²) < 4.78 is 10.6. The van der Waals surface area contributed by atoms with Crippen molar-refractivity contribution < 1.29 is 49.1 Å². The van der Waals surface area contributed by atoms with Crippen molar-refractivity contribution in [2.24, 2.45) is 0 Å². The number of aliphatic carboxylic acids is 3. The molecule has 1 aliphatic heterocycles. The van der Waals surface area contributed by atoms with Gasteiger partial charge in [-0.2, -0.15) is 0 Å². The van der Waals surface area contributed by atoms with Crippen molar-refractivity contribution in [3.63, 3.8) is 0 Å². The quantitative estimate of drug-likeness (QED) is 0.298. The van der Waals surface area contributed by atoms with Gasteiger partial charge in [0.25, 0.3) is 0 Å². The van der Waals surface area contributed by atoms with Crippen LogP contribution in [0.4, 0.5) is 4.79 Å². The lowest BCUT2D eigenvalue weighted by Crippen LogP contribution is -2.42. The Morgan fingerprint density at radius 2 is 1.68 bits per heavy atom. The number of terminal acetylenes is 1. The summed E-state index contributed by atoms with van der Waals surface area (Å²) in [6.07, 6.45) is 4.89. The molecule has 12 nitrogen and oxygen atoms in total. The van der Waals surface area contributed by atoms with Crippen molar-refractivity contribution in [3.05, 3.63) is 23.8 Å². The van der Waals surface area contributed by atoms with Crippen molar-refractivity contribution in [1.29, 1.82) is 0 Å². The Hall–Kier alpha value is -3.82. The van der Waals surface area contributed by atoms with Crippen molar-refractivity contribution in [2.75, 3.05) is 26.7 Å². The van der Waals surface area contributed by atoms with Gasteiger partial charge >= 0.3 is 24.0 Å². The number of carbonyl (C=O) groups excluding carboxylic acids is 1. The van der Waals surface area contributed by atoms with Crippen LogP contribution in [0.1, 0.15) is 31.2 Å². The molecule has 1 aromatic carbocycles. The summed E-state index contributed by atoms with van der Waals surface area (Å²) in [4.78, 5) is 44.2. The Morgan fingerprint density at radius 1 is 1.09 bits per heavy atom. The molecule has 2 rings (SSSR count). The molecule has 1 heterocycles. The minimum absolute atomic E-state index is 0.136. The van der Waals surface area contributed by atoms with Gasteiger partial charge < -0.3 is 35.2 Å². The standard InChI is InChI=1S/C16H20N2O3.C6H8O7/c1-3-10-20-15-11-13(12-18-8-4-5-9-18)6-7-14(15)21-16(19)17-2;7-3(8)1-6(13,5(11)12)2-4(9)10/h1,6-7,11H,4-5,8-10,12H2,2H3,(H,17,19);13H,1-2H2,(H,7,8)(H,9,10)(H,11,12). The zero-order valence-electron chi connectivity index (χ0n) is 18.7. The number of aliphatic hydroxyl groups is 1. The summed E-state index contributed by atoms with van der Waals surface area (Å²) in [7, 11) is 1.51. The number of ether oxygens (including phenoxy) is 2. The number of benzene rings is 1. The van der Waals surface area contributed by atoms with E-state index in [2.05, 4.69) is 16.1 Å². The molecule has 186 valence electrons. The molecule has 1 saturated heterocycles. The number of amides is 1. The normalized spacial score (nSPS) is 13.1. The van der Waals surface area contributed by atoms with Gasteiger partial charge in [-0.05, 0) is 43.6 Å². The fraction of sp³-hybridized carbons (Fsp3) is 0.455. The number of hydrogen-bond acceptors (Lipinski definition) is 8. The van der Waals surface area contributed by atoms with Gasteiger partial charge in [-0.25, -0.2) is 9.59 Å². The summed E-state index contributed by atoms with van der Waals surface area (Å²) in [6, 6.07) is 5.57. The SMILES string of the molecule is C#CCOc1cc(CN2CCCC2)ccc1OC(=O)NC.O=C(O)CC(O)(CC(=O)O)C(=O)O. The molecule has 1 fully saturated rings. The van der Waals surface area contributed by atoms with E-state index in [0.29, 0.717) is 11.5 Å². The van der Waals surface area contributed by atoms with Crippen LogP contribution in [0.15, 0.2) is 18.2 Å². The van der Waals surface area contributed by atoms with Gasteiger partial charge in [0.2, 0.25) is 0 Å². The monoisotopic (exact) mass is 480 g/mol. The van der Waals surface area contributed by atoms with Crippen molar-refractivity contribution in [3.8, 4) is 23.8 Å². The van der Waals surface area contributed by atoms with Crippen LogP contribution in [-0.2, 0) is 20.9 Å². The lowest BCUT2D eigenvalue weighted by atomic mass is 9.96. The summed E-state index contributed by atoms with van der Waals surface area (Å²) in [5, 5.41) is 36.2. The molecular formula is C22H28N2O10. The van der Waals surface area contributed by atoms with Gasteiger partial charge in [-0.3, -0.25) is 14.5 Å². The van der Waals surface area contributed by atoms with Crippen molar-refractivity contribution >= 4 is 24.0 Å². The molecule has 0 saturated carbocycles. The summed E-state index contributed by atoms with van der Waals surface area (Å²) in [5.41, 5.74) is -1.62. The molecule has 0 aromatic heterocycles. The fourth-order valence-electron chi connectivity index (χ4n) is 3.03. The van der Waals surface area contributed by atoms with Crippen LogP contribution >= 0.6 is 0 Å². The number of hydrogen-bond donors (Lipinski definition) is 5. The predicted octanol–water partition coefficient (Wildman–Crippen LogP) is 0.764. The number of likely N-dealkylation sites (tertiary alicyclic amines) is 1. The molecule has 0 atom stereocenters. The average Bonchev–Trinajstić information content (AvgIpc) is 3.25. The van der Waals surface area contributed by atoms with Gasteiger partial charge in [0.1, 0.15) is 6.61 Å². The van der Waals surface area contributed by atoms with E-state index >= 15 is 0 Å². The molecule has 0 spiro atoms. The van der Waals surface area contributed by atoms with Gasteiger partial charge in [-0.15, -0.1) is 6.42 Å². The molecule has 0 radical (unpaired) electrons. The van der Waals surface area contributed by atoms with Crippen LogP contribution in [0.3, 0.4) is 0 Å². The smallest absolute Gasteiger partial charge is 0.412 e. The van der Waals surface area contributed by atoms with Gasteiger partial charge in [0, 0.05) is 13.6 Å². The maximum Gasteiger partial charge on any atom is 0.412 e. The lowest BCUT2D eigenvalue weighted by molar-refractivity contribution is -0.170. The summed E-state index contributed by atoms with van der Waals surface area (Å²) in [6.45, 7) is 3.25. The van der Waals surface area contributed by atoms with Crippen LogP contribution < -0.4 is 14.8 Å². The van der Waals surface area contributed by atoms with E-state index in [1.807, 2.05) is 12.1 Å². The Balaban J connectivity index is 0.000000385. The van der Waals surface area contributed by atoms with Crippen molar-refractivity contribution in [1.82, 2.24) is 10.2 Å². The van der Waals surface area contributed by atoms with Crippen LogP contribution in [0.5, 0.6) is 11.5 Å². The van der Waals surface area contributed by atoms with E-state index < -0.39 is 42.4 Å². The van der Waals surface area contributed by atoms with E-state index in [0.717, 1.165) is 25.2 Å². The number of nitrogens with one attached hydrogen (secondary N) is 1. The highest BCUT2D eigenvalue weighted by Crippen LogP contribution is 2.29. The third-order valence-electron chi connectivity index (χ3n) is 4.62.